The average molecular weight is 434 g/mol. The molecule has 1 fully saturated rings. The Balaban J connectivity index is 0.00000392. The summed E-state index contributed by atoms with van der Waals surface area (Å²) < 4.78 is 32.6. The van der Waals surface area contributed by atoms with E-state index in [-0.39, 0.29) is 42.2 Å². The second-order valence-electron chi connectivity index (χ2n) is 6.62. The van der Waals surface area contributed by atoms with Crippen LogP contribution in [-0.4, -0.2) is 58.1 Å². The van der Waals surface area contributed by atoms with Crippen LogP contribution in [-0.2, 0) is 14.8 Å². The van der Waals surface area contributed by atoms with E-state index in [2.05, 4.69) is 17.0 Å². The molecule has 2 rings (SSSR count). The second kappa shape index (κ2) is 12.3. The van der Waals surface area contributed by atoms with E-state index in [1.165, 1.54) is 12.1 Å². The first-order valence-electron chi connectivity index (χ1n) is 9.70. The Morgan fingerprint density at radius 2 is 1.86 bits per heavy atom. The number of carbonyl (C=O) groups is 1. The predicted octanol–water partition coefficient (Wildman–Crippen LogP) is 2.17. The summed E-state index contributed by atoms with van der Waals surface area (Å²) in [5.74, 6) is 0.641. The number of carbonyl (C=O) groups excluding carboxylic acids is 1. The summed E-state index contributed by atoms with van der Waals surface area (Å²) in [6, 6.07) is 6.52. The molecule has 0 unspecified atom stereocenters. The molecule has 160 valence electrons. The van der Waals surface area contributed by atoms with E-state index in [1.54, 1.807) is 12.1 Å². The number of hydrogen-bond acceptors (Lipinski definition) is 5. The molecule has 0 atom stereocenters. The first-order valence-corrected chi connectivity index (χ1v) is 11.2. The number of sulfonamides is 1. The fourth-order valence-corrected chi connectivity index (χ4v) is 4.30. The number of halogens is 1. The Kier molecular flexibility index (Phi) is 10.8. The number of rotatable bonds is 10. The molecule has 1 aliphatic heterocycles. The molecule has 1 aromatic rings. The first-order chi connectivity index (χ1) is 13.0. The third-order valence-corrected chi connectivity index (χ3v) is 6.09. The lowest BCUT2D eigenvalue weighted by Gasteiger charge is -2.34. The number of nitrogens with zero attached hydrogens (tertiary/aromatic N) is 1. The summed E-state index contributed by atoms with van der Waals surface area (Å²) in [6.07, 6.45) is 2.96. The van der Waals surface area contributed by atoms with E-state index in [0.29, 0.717) is 12.4 Å². The summed E-state index contributed by atoms with van der Waals surface area (Å²) in [5, 5.41) is 3.31. The minimum atomic E-state index is -3.64. The maximum atomic E-state index is 12.6. The van der Waals surface area contributed by atoms with Crippen LogP contribution in [0.4, 0.5) is 0 Å². The van der Waals surface area contributed by atoms with Crippen molar-refractivity contribution in [1.29, 1.82) is 0 Å². The Morgan fingerprint density at radius 1 is 1.21 bits per heavy atom. The summed E-state index contributed by atoms with van der Waals surface area (Å²) in [6.45, 7) is 7.10. The monoisotopic (exact) mass is 433 g/mol. The largest absolute Gasteiger partial charge is 0.494 e. The van der Waals surface area contributed by atoms with E-state index in [9.17, 15) is 13.2 Å². The molecule has 1 aromatic carbocycles. The van der Waals surface area contributed by atoms with Crippen molar-refractivity contribution in [2.45, 2.75) is 50.5 Å². The van der Waals surface area contributed by atoms with Crippen molar-refractivity contribution in [1.82, 2.24) is 14.9 Å². The molecule has 0 aromatic heterocycles. The van der Waals surface area contributed by atoms with Gasteiger partial charge >= 0.3 is 0 Å². The van der Waals surface area contributed by atoms with E-state index in [4.69, 9.17) is 4.74 Å². The van der Waals surface area contributed by atoms with Gasteiger partial charge in [-0.2, -0.15) is 0 Å². The van der Waals surface area contributed by atoms with Crippen LogP contribution in [0.2, 0.25) is 0 Å². The molecule has 0 bridgehead atoms. The number of hydrogen-bond donors (Lipinski definition) is 2. The van der Waals surface area contributed by atoms with Crippen molar-refractivity contribution in [3.8, 4) is 5.75 Å². The van der Waals surface area contributed by atoms with Crippen molar-refractivity contribution >= 4 is 28.3 Å². The fourth-order valence-electron chi connectivity index (χ4n) is 3.27. The van der Waals surface area contributed by atoms with E-state index < -0.39 is 10.0 Å². The average Bonchev–Trinajstić information content (AvgIpc) is 2.67. The van der Waals surface area contributed by atoms with Crippen LogP contribution in [0.25, 0.3) is 0 Å². The quantitative estimate of drug-likeness (QED) is 0.590. The molecule has 1 saturated heterocycles. The van der Waals surface area contributed by atoms with Gasteiger partial charge in [-0.15, -0.1) is 12.4 Å². The molecular formula is C19H32ClN3O4S. The normalized spacial score (nSPS) is 14.9. The second-order valence-corrected chi connectivity index (χ2v) is 8.39. The summed E-state index contributed by atoms with van der Waals surface area (Å²) in [5.41, 5.74) is 0. The van der Waals surface area contributed by atoms with E-state index in [1.807, 2.05) is 11.8 Å². The summed E-state index contributed by atoms with van der Waals surface area (Å²) >= 11 is 0. The molecular weight excluding hydrogens is 402 g/mol. The van der Waals surface area contributed by atoms with Crippen molar-refractivity contribution < 1.29 is 17.9 Å². The van der Waals surface area contributed by atoms with Gasteiger partial charge in [-0.25, -0.2) is 13.1 Å². The maximum absolute atomic E-state index is 12.6. The first kappa shape index (κ1) is 24.7. The number of nitrogens with one attached hydrogen (secondary N) is 2. The Bertz CT molecular complexity index is 692. The molecule has 1 aliphatic rings. The van der Waals surface area contributed by atoms with Gasteiger partial charge < -0.3 is 15.0 Å². The molecule has 0 radical (unpaired) electrons. The van der Waals surface area contributed by atoms with Gasteiger partial charge in [0, 0.05) is 25.6 Å². The molecule has 1 amide bonds. The highest BCUT2D eigenvalue weighted by Crippen LogP contribution is 2.16. The van der Waals surface area contributed by atoms with Gasteiger partial charge in [-0.3, -0.25) is 4.79 Å². The van der Waals surface area contributed by atoms with Crippen LogP contribution in [0.1, 0.15) is 39.5 Å². The van der Waals surface area contributed by atoms with Gasteiger partial charge in [-0.1, -0.05) is 6.92 Å². The van der Waals surface area contributed by atoms with Crippen LogP contribution in [0, 0.1) is 0 Å². The Labute approximate surface area is 174 Å². The van der Waals surface area contributed by atoms with E-state index in [0.717, 1.165) is 38.9 Å². The zero-order chi connectivity index (χ0) is 19.7. The molecule has 1 heterocycles. The van der Waals surface area contributed by atoms with Crippen molar-refractivity contribution in [2.24, 2.45) is 0 Å². The van der Waals surface area contributed by atoms with Gasteiger partial charge in [0.25, 0.3) is 0 Å². The van der Waals surface area contributed by atoms with Crippen LogP contribution in [0.3, 0.4) is 0 Å². The minimum Gasteiger partial charge on any atom is -0.494 e. The number of amides is 1. The van der Waals surface area contributed by atoms with Gasteiger partial charge in [0.1, 0.15) is 5.75 Å². The molecule has 28 heavy (non-hydrogen) atoms. The Morgan fingerprint density at radius 3 is 2.43 bits per heavy atom. The topological polar surface area (TPSA) is 87.7 Å². The lowest BCUT2D eigenvalue weighted by atomic mass is 10.0. The van der Waals surface area contributed by atoms with E-state index >= 15 is 0 Å². The van der Waals surface area contributed by atoms with Crippen LogP contribution in [0.5, 0.6) is 5.75 Å². The fraction of sp³-hybridized carbons (Fsp3) is 0.632. The van der Waals surface area contributed by atoms with Crippen molar-refractivity contribution in [2.75, 3.05) is 32.8 Å². The number of benzene rings is 1. The SMILES string of the molecule is CCCN(C(=O)CCNS(=O)(=O)c1ccc(OCC)cc1)C1CCNCC1.Cl. The third-order valence-electron chi connectivity index (χ3n) is 4.61. The van der Waals surface area contributed by atoms with Crippen LogP contribution in [0.15, 0.2) is 29.2 Å². The standard InChI is InChI=1S/C19H31N3O4S.ClH/c1-3-15-22(16-9-12-20-13-10-16)19(23)11-14-21-27(24,25)18-7-5-17(6-8-18)26-4-2;/h5-8,16,20-21H,3-4,9-15H2,1-2H3;1H. The lowest BCUT2D eigenvalue weighted by molar-refractivity contribution is -0.133. The smallest absolute Gasteiger partial charge is 0.240 e. The molecule has 0 saturated carbocycles. The molecule has 2 N–H and O–H groups in total. The maximum Gasteiger partial charge on any atom is 0.240 e. The number of piperidine rings is 1. The zero-order valence-electron chi connectivity index (χ0n) is 16.6. The molecule has 9 heteroatoms. The van der Waals surface area contributed by atoms with Crippen LogP contribution < -0.4 is 14.8 Å². The minimum absolute atomic E-state index is 0. The lowest BCUT2D eigenvalue weighted by Crippen LogP contribution is -2.47. The van der Waals surface area contributed by atoms with Gasteiger partial charge in [0.15, 0.2) is 0 Å². The van der Waals surface area contributed by atoms with Gasteiger partial charge in [-0.05, 0) is 63.5 Å². The van der Waals surface area contributed by atoms with Gasteiger partial charge in [0.05, 0.1) is 11.5 Å². The highest BCUT2D eigenvalue weighted by atomic mass is 35.5. The molecule has 0 aliphatic carbocycles. The van der Waals surface area contributed by atoms with Gasteiger partial charge in [0.2, 0.25) is 15.9 Å². The highest BCUT2D eigenvalue weighted by molar-refractivity contribution is 7.89. The highest BCUT2D eigenvalue weighted by Gasteiger charge is 2.24. The van der Waals surface area contributed by atoms with Crippen molar-refractivity contribution in [3.05, 3.63) is 24.3 Å². The van der Waals surface area contributed by atoms with Crippen LogP contribution >= 0.6 is 12.4 Å². The molecule has 7 nitrogen and oxygen atoms in total. The number of ether oxygens (including phenoxy) is 1. The predicted molar refractivity (Wildman–Crippen MR) is 113 cm³/mol. The third kappa shape index (κ3) is 7.24. The Hall–Kier alpha value is -1.35. The summed E-state index contributed by atoms with van der Waals surface area (Å²) in [4.78, 5) is 14.7. The zero-order valence-corrected chi connectivity index (χ0v) is 18.3. The summed E-state index contributed by atoms with van der Waals surface area (Å²) in [7, 11) is -3.64. The van der Waals surface area contributed by atoms with Crippen molar-refractivity contribution in [3.63, 3.8) is 0 Å². The molecule has 0 spiro atoms.